The fraction of sp³-hybridized carbons (Fsp3) is 0.885. The largest absolute Gasteiger partial charge is 0.444 e. The van der Waals surface area contributed by atoms with Crippen molar-refractivity contribution in [2.75, 3.05) is 39.3 Å². The van der Waals surface area contributed by atoms with Crippen LogP contribution in [-0.4, -0.2) is 94.9 Å². The number of likely N-dealkylation sites (tertiary alicyclic amines) is 1. The van der Waals surface area contributed by atoms with E-state index in [1.165, 1.54) is 0 Å². The highest BCUT2D eigenvalue weighted by atomic mass is 16.6. The van der Waals surface area contributed by atoms with Crippen LogP contribution in [0.3, 0.4) is 0 Å². The standard InChI is InChI=1S/C26H42N4O5/c1-25(2,3)35-24(34)29-9-7-28(8-10-29)23(33)30-6-4-5-20(16-30)27-22(32)26-13-17-11-18(14-26)21(31)19(12-17)15-26/h17-21,31H,4-16H2,1-3H3,(H,27,32)/t17?,18?,19?,20-,21?,26?/m0/s1. The number of aliphatic hydroxyl groups is 1. The molecule has 9 nitrogen and oxygen atoms in total. The number of aliphatic hydroxyl groups excluding tert-OH is 1. The van der Waals surface area contributed by atoms with Gasteiger partial charge in [-0.15, -0.1) is 0 Å². The van der Waals surface area contributed by atoms with Gasteiger partial charge in [0.1, 0.15) is 5.60 Å². The van der Waals surface area contributed by atoms with Crippen LogP contribution in [0.25, 0.3) is 0 Å². The fourth-order valence-corrected chi connectivity index (χ4v) is 7.49. The molecule has 0 radical (unpaired) electrons. The van der Waals surface area contributed by atoms with Crippen LogP contribution in [0.4, 0.5) is 9.59 Å². The lowest BCUT2D eigenvalue weighted by Crippen LogP contribution is -2.61. The van der Waals surface area contributed by atoms with Gasteiger partial charge in [-0.05, 0) is 83.5 Å². The smallest absolute Gasteiger partial charge is 0.410 e. The van der Waals surface area contributed by atoms with Gasteiger partial charge in [-0.3, -0.25) is 4.79 Å². The Labute approximate surface area is 208 Å². The molecule has 0 aromatic heterocycles. The van der Waals surface area contributed by atoms with Crippen molar-refractivity contribution in [3.63, 3.8) is 0 Å². The van der Waals surface area contributed by atoms with Crippen molar-refractivity contribution in [2.24, 2.45) is 23.2 Å². The number of nitrogens with one attached hydrogen (secondary N) is 1. The third kappa shape index (κ3) is 4.98. The molecule has 3 atom stereocenters. The van der Waals surface area contributed by atoms with Crippen LogP contribution in [-0.2, 0) is 9.53 Å². The van der Waals surface area contributed by atoms with Gasteiger partial charge in [0.15, 0.2) is 0 Å². The van der Waals surface area contributed by atoms with E-state index in [1.807, 2.05) is 30.6 Å². The van der Waals surface area contributed by atoms with Crippen LogP contribution in [0.2, 0.25) is 0 Å². The van der Waals surface area contributed by atoms with Gasteiger partial charge < -0.3 is 29.9 Å². The lowest BCUT2D eigenvalue weighted by Gasteiger charge is -2.58. The van der Waals surface area contributed by atoms with Gasteiger partial charge >= 0.3 is 12.1 Å². The molecule has 6 fully saturated rings. The predicted molar refractivity (Wildman–Crippen MR) is 130 cm³/mol. The van der Waals surface area contributed by atoms with E-state index in [0.717, 1.165) is 44.9 Å². The van der Waals surface area contributed by atoms with Crippen molar-refractivity contribution in [3.8, 4) is 0 Å². The van der Waals surface area contributed by atoms with Crippen LogP contribution in [0.5, 0.6) is 0 Å². The summed E-state index contributed by atoms with van der Waals surface area (Å²) in [6.07, 6.45) is 5.91. The summed E-state index contributed by atoms with van der Waals surface area (Å²) in [5, 5.41) is 13.9. The molecule has 4 aliphatic carbocycles. The summed E-state index contributed by atoms with van der Waals surface area (Å²) in [7, 11) is 0. The third-order valence-corrected chi connectivity index (χ3v) is 8.93. The molecule has 6 rings (SSSR count). The van der Waals surface area contributed by atoms with Gasteiger partial charge in [-0.2, -0.15) is 0 Å². The Hall–Kier alpha value is -2.03. The van der Waals surface area contributed by atoms with E-state index < -0.39 is 5.60 Å². The van der Waals surface area contributed by atoms with E-state index in [-0.39, 0.29) is 47.4 Å². The Morgan fingerprint density at radius 1 is 0.914 bits per heavy atom. The monoisotopic (exact) mass is 490 g/mol. The molecule has 2 N–H and O–H groups in total. The van der Waals surface area contributed by atoms with Crippen LogP contribution < -0.4 is 5.32 Å². The first-order valence-corrected chi connectivity index (χ1v) is 13.5. The van der Waals surface area contributed by atoms with Crippen molar-refractivity contribution in [3.05, 3.63) is 0 Å². The molecule has 35 heavy (non-hydrogen) atoms. The number of amides is 4. The maximum Gasteiger partial charge on any atom is 0.410 e. The maximum absolute atomic E-state index is 13.5. The maximum atomic E-state index is 13.5. The average Bonchev–Trinajstić information content (AvgIpc) is 2.80. The van der Waals surface area contributed by atoms with Gasteiger partial charge in [0, 0.05) is 45.3 Å². The predicted octanol–water partition coefficient (Wildman–Crippen LogP) is 2.43. The quantitative estimate of drug-likeness (QED) is 0.619. The van der Waals surface area contributed by atoms with Crippen molar-refractivity contribution in [2.45, 2.75) is 83.5 Å². The Kier molecular flexibility index (Phi) is 6.43. The Morgan fingerprint density at radius 3 is 2.17 bits per heavy atom. The topological polar surface area (TPSA) is 102 Å². The first-order valence-electron chi connectivity index (χ1n) is 13.5. The number of rotatable bonds is 2. The minimum absolute atomic E-state index is 0.00860. The molecule has 2 aliphatic heterocycles. The second-order valence-corrected chi connectivity index (χ2v) is 12.7. The van der Waals surface area contributed by atoms with Gasteiger partial charge in [-0.25, -0.2) is 9.59 Å². The molecule has 4 saturated carbocycles. The van der Waals surface area contributed by atoms with E-state index in [4.69, 9.17) is 4.74 Å². The molecule has 0 aromatic rings. The highest BCUT2D eigenvalue weighted by Crippen LogP contribution is 2.60. The first kappa shape index (κ1) is 24.7. The number of nitrogens with zero attached hydrogens (tertiary/aromatic N) is 3. The van der Waals surface area contributed by atoms with E-state index in [2.05, 4.69) is 5.32 Å². The number of urea groups is 1. The third-order valence-electron chi connectivity index (χ3n) is 8.93. The number of carbonyl (C=O) groups excluding carboxylic acids is 3. The van der Waals surface area contributed by atoms with Crippen molar-refractivity contribution in [1.29, 1.82) is 0 Å². The minimum Gasteiger partial charge on any atom is -0.444 e. The highest BCUT2D eigenvalue weighted by molar-refractivity contribution is 5.83. The summed E-state index contributed by atoms with van der Waals surface area (Å²) in [6, 6.07) is -0.0353. The molecule has 2 saturated heterocycles. The number of ether oxygens (including phenoxy) is 1. The summed E-state index contributed by atoms with van der Waals surface area (Å²) in [6.45, 7) is 8.68. The lowest BCUT2D eigenvalue weighted by molar-refractivity contribution is -0.163. The summed E-state index contributed by atoms with van der Waals surface area (Å²) in [5.41, 5.74) is -0.854. The van der Waals surface area contributed by atoms with Gasteiger partial charge in [-0.1, -0.05) is 0 Å². The molecule has 0 spiro atoms. The molecule has 6 aliphatic rings. The van der Waals surface area contributed by atoms with E-state index >= 15 is 0 Å². The number of piperidine rings is 1. The summed E-state index contributed by atoms with van der Waals surface area (Å²) < 4.78 is 5.45. The molecule has 196 valence electrons. The first-order chi connectivity index (χ1) is 16.5. The van der Waals surface area contributed by atoms with Crippen LogP contribution in [0.15, 0.2) is 0 Å². The summed E-state index contributed by atoms with van der Waals surface area (Å²) in [5.74, 6) is 1.27. The minimum atomic E-state index is -0.534. The van der Waals surface area contributed by atoms with Crippen molar-refractivity contribution in [1.82, 2.24) is 20.0 Å². The summed E-state index contributed by atoms with van der Waals surface area (Å²) >= 11 is 0. The zero-order chi connectivity index (χ0) is 25.0. The number of hydrogen-bond donors (Lipinski definition) is 2. The van der Waals surface area contributed by atoms with Crippen LogP contribution >= 0.6 is 0 Å². The number of piperazine rings is 1. The van der Waals surface area contributed by atoms with E-state index in [0.29, 0.717) is 45.2 Å². The molecule has 4 amide bonds. The van der Waals surface area contributed by atoms with Crippen LogP contribution in [0.1, 0.15) is 65.7 Å². The van der Waals surface area contributed by atoms with Crippen molar-refractivity contribution < 1.29 is 24.2 Å². The van der Waals surface area contributed by atoms with Gasteiger partial charge in [0.25, 0.3) is 0 Å². The van der Waals surface area contributed by atoms with E-state index in [9.17, 15) is 19.5 Å². The molecule has 2 unspecified atom stereocenters. The van der Waals surface area contributed by atoms with Crippen molar-refractivity contribution >= 4 is 18.0 Å². The molecular weight excluding hydrogens is 448 g/mol. The zero-order valence-corrected chi connectivity index (χ0v) is 21.5. The highest BCUT2D eigenvalue weighted by Gasteiger charge is 2.58. The molecule has 0 aromatic carbocycles. The molecular formula is C26H42N4O5. The number of carbonyl (C=O) groups is 3. The zero-order valence-electron chi connectivity index (χ0n) is 21.5. The molecule has 2 heterocycles. The van der Waals surface area contributed by atoms with Gasteiger partial charge in [0.05, 0.1) is 11.5 Å². The second-order valence-electron chi connectivity index (χ2n) is 12.7. The SMILES string of the molecule is CC(C)(C)OC(=O)N1CCN(C(=O)N2CCC[C@H](NC(=O)C34CC5CC(C3)C(O)C(C5)C4)C2)CC1. The Bertz CT molecular complexity index is 833. The molecule has 9 heteroatoms. The lowest BCUT2D eigenvalue weighted by atomic mass is 9.48. The normalized spacial score (nSPS) is 36.8. The summed E-state index contributed by atoms with van der Waals surface area (Å²) in [4.78, 5) is 44.4. The molecule has 4 bridgehead atoms. The van der Waals surface area contributed by atoms with Crippen LogP contribution in [0, 0.1) is 23.2 Å². The second kappa shape index (κ2) is 9.12. The Morgan fingerprint density at radius 2 is 1.54 bits per heavy atom. The average molecular weight is 491 g/mol. The van der Waals surface area contributed by atoms with Gasteiger partial charge in [0.2, 0.25) is 5.91 Å². The van der Waals surface area contributed by atoms with E-state index in [1.54, 1.807) is 4.90 Å². The fourth-order valence-electron chi connectivity index (χ4n) is 7.49. The number of hydrogen-bond acceptors (Lipinski definition) is 5. The Balaban J connectivity index is 1.13.